The van der Waals surface area contributed by atoms with Gasteiger partial charge in [0.05, 0.1) is 11.8 Å². The minimum Gasteiger partial charge on any atom is -0.490 e. The van der Waals surface area contributed by atoms with Crippen LogP contribution in [-0.2, 0) is 0 Å². The summed E-state index contributed by atoms with van der Waals surface area (Å²) in [4.78, 5) is 6.02. The van der Waals surface area contributed by atoms with Gasteiger partial charge in [-0.15, -0.1) is 0 Å². The highest BCUT2D eigenvalue weighted by molar-refractivity contribution is 8.11. The number of halogens is 1. The Morgan fingerprint density at radius 3 is 2.43 bits per heavy atom. The molecule has 1 rings (SSSR count). The molecule has 1 aromatic rings. The van der Waals surface area contributed by atoms with Gasteiger partial charge in [0.15, 0.2) is 5.79 Å². The maximum Gasteiger partial charge on any atom is 0.198 e. The quantitative estimate of drug-likeness (QED) is 0.148. The van der Waals surface area contributed by atoms with Crippen molar-refractivity contribution >= 4 is 28.1 Å². The molecule has 35 heavy (non-hydrogen) atoms. The number of allylic oxidation sites excluding steroid dienone is 2. The summed E-state index contributed by atoms with van der Waals surface area (Å²) in [6.07, 6.45) is 8.47. The van der Waals surface area contributed by atoms with E-state index in [1.807, 2.05) is 19.1 Å². The van der Waals surface area contributed by atoms with Gasteiger partial charge in [-0.1, -0.05) is 63.9 Å². The van der Waals surface area contributed by atoms with E-state index in [9.17, 15) is 4.39 Å². The molecule has 0 spiro atoms. The number of hydrogen-bond acceptors (Lipinski definition) is 5. The summed E-state index contributed by atoms with van der Waals surface area (Å²) in [5.41, 5.74) is 9.02. The van der Waals surface area contributed by atoms with Crippen molar-refractivity contribution in [1.29, 1.82) is 0 Å². The second-order valence-corrected chi connectivity index (χ2v) is 9.96. The van der Waals surface area contributed by atoms with Gasteiger partial charge in [-0.05, 0) is 73.9 Å². The number of rotatable bonds is 15. The lowest BCUT2D eigenvalue weighted by atomic mass is 10.1. The third-order valence-electron chi connectivity index (χ3n) is 5.38. The van der Waals surface area contributed by atoms with Crippen LogP contribution in [0.3, 0.4) is 0 Å². The molecule has 1 aromatic carbocycles. The number of ether oxygens (including phenoxy) is 1. The maximum absolute atomic E-state index is 14.0. The van der Waals surface area contributed by atoms with E-state index < -0.39 is 5.79 Å². The second kappa shape index (κ2) is 14.7. The van der Waals surface area contributed by atoms with E-state index in [0.29, 0.717) is 6.54 Å². The number of alkyl halides is 1. The Kier molecular flexibility index (Phi) is 12.8. The predicted molar refractivity (Wildman–Crippen MR) is 154 cm³/mol. The van der Waals surface area contributed by atoms with Crippen molar-refractivity contribution in [2.75, 3.05) is 13.6 Å². The topological polar surface area (TPSA) is 59.6 Å². The highest BCUT2D eigenvalue weighted by Gasteiger charge is 2.21. The maximum atomic E-state index is 14.0. The number of nitrogens with two attached hydrogens (primary N) is 1. The molecule has 0 saturated heterocycles. The van der Waals surface area contributed by atoms with Gasteiger partial charge in [-0.2, -0.15) is 0 Å². The number of nitrogens with one attached hydrogen (secondary N) is 1. The van der Waals surface area contributed by atoms with Gasteiger partial charge in [0.1, 0.15) is 5.75 Å². The standard InChI is InChI=1S/C29H42FN3OS/c1-10-13-26(12-3)34-27-17-24(16-25(18-27)23(7)35-21(5)11-2)22(6)33-19-20(4)14-15-28(32-9)29(8,30)31/h11,14-18,26,33H,4,6-7,10,12-13,19,31H2,1-3,5,8-9H3/b15-14-,21-11-,32-28+. The first-order valence-electron chi connectivity index (χ1n) is 12.0. The normalized spacial score (nSPS) is 15.0. The Balaban J connectivity index is 3.10. The lowest BCUT2D eigenvalue weighted by molar-refractivity contribution is 0.185. The van der Waals surface area contributed by atoms with E-state index in [2.05, 4.69) is 63.0 Å². The molecule has 0 amide bonds. The van der Waals surface area contributed by atoms with E-state index in [-0.39, 0.29) is 11.8 Å². The second-order valence-electron chi connectivity index (χ2n) is 8.62. The van der Waals surface area contributed by atoms with Crippen molar-refractivity contribution in [3.05, 3.63) is 77.8 Å². The van der Waals surface area contributed by atoms with E-state index in [4.69, 9.17) is 10.5 Å². The molecule has 0 aliphatic rings. The van der Waals surface area contributed by atoms with Crippen molar-refractivity contribution in [2.45, 2.75) is 65.8 Å². The Labute approximate surface area is 216 Å². The minimum absolute atomic E-state index is 0.150. The summed E-state index contributed by atoms with van der Waals surface area (Å²) >= 11 is 1.63. The molecule has 0 bridgehead atoms. The van der Waals surface area contributed by atoms with Gasteiger partial charge in [-0.25, -0.2) is 4.39 Å². The third kappa shape index (κ3) is 10.7. The molecule has 0 heterocycles. The van der Waals surface area contributed by atoms with E-state index >= 15 is 0 Å². The molecule has 0 aliphatic heterocycles. The molecular weight excluding hydrogens is 457 g/mol. The fourth-order valence-electron chi connectivity index (χ4n) is 3.21. The smallest absolute Gasteiger partial charge is 0.198 e. The fourth-order valence-corrected chi connectivity index (χ4v) is 3.95. The summed E-state index contributed by atoms with van der Waals surface area (Å²) in [7, 11) is 1.51. The Bertz CT molecular complexity index is 986. The molecule has 2 unspecified atom stereocenters. The van der Waals surface area contributed by atoms with Gasteiger partial charge in [0.2, 0.25) is 0 Å². The van der Waals surface area contributed by atoms with Crippen molar-refractivity contribution in [3.63, 3.8) is 0 Å². The van der Waals surface area contributed by atoms with Crippen LogP contribution in [-0.4, -0.2) is 31.2 Å². The lowest BCUT2D eigenvalue weighted by Crippen LogP contribution is -2.38. The van der Waals surface area contributed by atoms with Crippen LogP contribution >= 0.6 is 11.8 Å². The largest absolute Gasteiger partial charge is 0.490 e. The monoisotopic (exact) mass is 499 g/mol. The number of aliphatic imine (C=N–C) groups is 1. The summed E-state index contributed by atoms with van der Waals surface area (Å²) in [6, 6.07) is 6.10. The zero-order valence-corrected chi connectivity index (χ0v) is 23.0. The molecule has 0 radical (unpaired) electrons. The Morgan fingerprint density at radius 1 is 1.23 bits per heavy atom. The van der Waals surface area contributed by atoms with E-state index in [1.54, 1.807) is 23.9 Å². The Hall–Kier alpha value is -2.57. The SMILES string of the molecule is C=C(/C=C\C(=N/C)C(C)(N)F)CNC(=C)c1cc(OC(CC)CCC)cc(C(=C)S/C(C)=C\C)c1. The lowest BCUT2D eigenvalue weighted by Gasteiger charge is -2.20. The van der Waals surface area contributed by atoms with Crippen LogP contribution in [0.15, 0.2) is 71.6 Å². The van der Waals surface area contributed by atoms with Crippen LogP contribution in [0.1, 0.15) is 65.0 Å². The molecule has 3 N–H and O–H groups in total. The van der Waals surface area contributed by atoms with Crippen molar-refractivity contribution < 1.29 is 9.13 Å². The van der Waals surface area contributed by atoms with Crippen LogP contribution in [0.4, 0.5) is 4.39 Å². The van der Waals surface area contributed by atoms with Crippen LogP contribution in [0, 0.1) is 0 Å². The molecule has 0 fully saturated rings. The Morgan fingerprint density at radius 2 is 1.89 bits per heavy atom. The number of nitrogens with zero attached hydrogens (tertiary/aromatic N) is 1. The molecule has 2 atom stereocenters. The van der Waals surface area contributed by atoms with Gasteiger partial charge in [0, 0.05) is 29.8 Å². The molecule has 192 valence electrons. The molecule has 4 nitrogen and oxygen atoms in total. The molecular formula is C29H42FN3OS. The summed E-state index contributed by atoms with van der Waals surface area (Å²) in [5.74, 6) is -1.20. The van der Waals surface area contributed by atoms with Crippen LogP contribution in [0.2, 0.25) is 0 Å². The van der Waals surface area contributed by atoms with Crippen molar-refractivity contribution in [2.24, 2.45) is 10.7 Å². The van der Waals surface area contributed by atoms with Crippen LogP contribution < -0.4 is 15.8 Å². The highest BCUT2D eigenvalue weighted by atomic mass is 32.2. The number of thioether (sulfide) groups is 1. The first-order chi connectivity index (χ1) is 16.4. The zero-order valence-electron chi connectivity index (χ0n) is 22.2. The average molecular weight is 500 g/mol. The molecule has 0 aromatic heterocycles. The van der Waals surface area contributed by atoms with Gasteiger partial charge >= 0.3 is 0 Å². The molecule has 0 saturated carbocycles. The predicted octanol–water partition coefficient (Wildman–Crippen LogP) is 7.66. The summed E-state index contributed by atoms with van der Waals surface area (Å²) in [5, 5.41) is 3.30. The third-order valence-corrected chi connectivity index (χ3v) is 6.42. The van der Waals surface area contributed by atoms with Gasteiger partial charge < -0.3 is 10.1 Å². The van der Waals surface area contributed by atoms with Crippen LogP contribution in [0.25, 0.3) is 10.6 Å². The summed E-state index contributed by atoms with van der Waals surface area (Å²) < 4.78 is 20.3. The first-order valence-corrected chi connectivity index (χ1v) is 12.8. The first kappa shape index (κ1) is 30.5. The molecule has 6 heteroatoms. The molecule has 0 aliphatic carbocycles. The van der Waals surface area contributed by atoms with E-state index in [1.165, 1.54) is 18.9 Å². The average Bonchev–Trinajstić information content (AvgIpc) is 2.81. The summed E-state index contributed by atoms with van der Waals surface area (Å²) in [6.45, 7) is 22.6. The number of hydrogen-bond donors (Lipinski definition) is 2. The fraction of sp³-hybridized carbons (Fsp3) is 0.414. The van der Waals surface area contributed by atoms with Crippen molar-refractivity contribution in [1.82, 2.24) is 5.32 Å². The highest BCUT2D eigenvalue weighted by Crippen LogP contribution is 2.35. The number of benzene rings is 1. The van der Waals surface area contributed by atoms with Gasteiger partial charge in [0.25, 0.3) is 0 Å². The van der Waals surface area contributed by atoms with Gasteiger partial charge in [-0.3, -0.25) is 10.7 Å². The van der Waals surface area contributed by atoms with E-state index in [0.717, 1.165) is 52.3 Å². The zero-order chi connectivity index (χ0) is 26.6. The van der Waals surface area contributed by atoms with Crippen LogP contribution in [0.5, 0.6) is 5.75 Å². The minimum atomic E-state index is -2.00. The van der Waals surface area contributed by atoms with Crippen molar-refractivity contribution in [3.8, 4) is 5.75 Å².